The quantitative estimate of drug-likeness (QED) is 0.576. The first-order chi connectivity index (χ1) is 12.9. The Hall–Kier alpha value is -3.19. The highest BCUT2D eigenvalue weighted by Crippen LogP contribution is 2.29. The van der Waals surface area contributed by atoms with E-state index in [2.05, 4.69) is 37.4 Å². The molecule has 0 bridgehead atoms. The van der Waals surface area contributed by atoms with Crippen LogP contribution in [0, 0.1) is 0 Å². The molecule has 138 valence electrons. The number of hydrogen-bond acceptors (Lipinski definition) is 5. The monoisotopic (exact) mass is 362 g/mol. The largest absolute Gasteiger partial charge is 0.347 e. The molecule has 1 aromatic heterocycles. The van der Waals surface area contributed by atoms with E-state index >= 15 is 0 Å². The molecule has 1 aliphatic heterocycles. The summed E-state index contributed by atoms with van der Waals surface area (Å²) in [6.45, 7) is 5.89. The summed E-state index contributed by atoms with van der Waals surface area (Å²) in [6, 6.07) is 13.6. The SMILES string of the molecule is CC(C)(C)NC(=O)c1cccc(-c2n[nH]c3ccc(C4N=CNN4)cc23)c1. The Labute approximate surface area is 157 Å². The van der Waals surface area contributed by atoms with Gasteiger partial charge in [-0.05, 0) is 50.6 Å². The van der Waals surface area contributed by atoms with Crippen molar-refractivity contribution in [3.63, 3.8) is 0 Å². The number of carbonyl (C=O) groups excluding carboxylic acids is 1. The number of nitrogens with zero attached hydrogens (tertiary/aromatic N) is 2. The molecule has 1 aliphatic rings. The van der Waals surface area contributed by atoms with Gasteiger partial charge < -0.3 is 10.7 Å². The van der Waals surface area contributed by atoms with Gasteiger partial charge in [0.1, 0.15) is 6.17 Å². The molecule has 0 spiro atoms. The lowest BCUT2D eigenvalue weighted by Crippen LogP contribution is -2.40. The zero-order chi connectivity index (χ0) is 19.0. The molecule has 3 aromatic rings. The summed E-state index contributed by atoms with van der Waals surface area (Å²) < 4.78 is 0. The molecule has 27 heavy (non-hydrogen) atoms. The fourth-order valence-corrected chi connectivity index (χ4v) is 3.08. The predicted octanol–water partition coefficient (Wildman–Crippen LogP) is 2.89. The average Bonchev–Trinajstić information content (AvgIpc) is 3.29. The molecule has 7 heteroatoms. The van der Waals surface area contributed by atoms with Crippen LogP contribution in [0.15, 0.2) is 47.5 Å². The van der Waals surface area contributed by atoms with E-state index in [9.17, 15) is 4.79 Å². The zero-order valence-corrected chi connectivity index (χ0v) is 15.5. The molecule has 1 amide bonds. The third kappa shape index (κ3) is 3.54. The van der Waals surface area contributed by atoms with E-state index in [1.54, 1.807) is 6.34 Å². The average molecular weight is 362 g/mol. The lowest BCUT2D eigenvalue weighted by Gasteiger charge is -2.20. The highest BCUT2D eigenvalue weighted by atomic mass is 16.1. The van der Waals surface area contributed by atoms with Crippen molar-refractivity contribution in [2.24, 2.45) is 4.99 Å². The van der Waals surface area contributed by atoms with E-state index in [0.717, 1.165) is 27.7 Å². The Balaban J connectivity index is 1.72. The first-order valence-electron chi connectivity index (χ1n) is 8.84. The molecule has 0 saturated heterocycles. The Morgan fingerprint density at radius 1 is 1.15 bits per heavy atom. The second-order valence-corrected chi connectivity index (χ2v) is 7.63. The van der Waals surface area contributed by atoms with Crippen LogP contribution in [0.1, 0.15) is 42.9 Å². The van der Waals surface area contributed by atoms with Gasteiger partial charge in [0.15, 0.2) is 0 Å². The summed E-state index contributed by atoms with van der Waals surface area (Å²) in [4.78, 5) is 16.8. The number of fused-ring (bicyclic) bond motifs is 1. The van der Waals surface area contributed by atoms with Crippen molar-refractivity contribution in [2.45, 2.75) is 32.5 Å². The molecule has 4 N–H and O–H groups in total. The number of aliphatic imine (C=N–C) groups is 1. The maximum Gasteiger partial charge on any atom is 0.251 e. The van der Waals surface area contributed by atoms with Crippen LogP contribution in [0.4, 0.5) is 0 Å². The van der Waals surface area contributed by atoms with Crippen LogP contribution >= 0.6 is 0 Å². The zero-order valence-electron chi connectivity index (χ0n) is 15.5. The summed E-state index contributed by atoms with van der Waals surface area (Å²) >= 11 is 0. The first kappa shape index (κ1) is 17.2. The number of carbonyl (C=O) groups is 1. The Kier molecular flexibility index (Phi) is 4.16. The molecule has 0 fully saturated rings. The molecule has 0 saturated carbocycles. The van der Waals surface area contributed by atoms with Gasteiger partial charge >= 0.3 is 0 Å². The predicted molar refractivity (Wildman–Crippen MR) is 106 cm³/mol. The van der Waals surface area contributed by atoms with Gasteiger partial charge in [-0.3, -0.25) is 9.89 Å². The molecule has 0 aliphatic carbocycles. The number of rotatable bonds is 3. The van der Waals surface area contributed by atoms with Gasteiger partial charge in [0.2, 0.25) is 0 Å². The standard InChI is InChI=1S/C20H22N6O/c1-20(2,3)23-19(27)14-6-4-5-12(9-14)17-15-10-13(18-21-11-22-26-18)7-8-16(15)24-25-17/h4-11,18,26H,1-3H3,(H,21,22)(H,23,27)(H,24,25). The van der Waals surface area contributed by atoms with Gasteiger partial charge in [-0.15, -0.1) is 0 Å². The summed E-state index contributed by atoms with van der Waals surface area (Å²) in [5, 5.41) is 11.5. The number of aromatic nitrogens is 2. The van der Waals surface area contributed by atoms with E-state index in [-0.39, 0.29) is 17.6 Å². The van der Waals surface area contributed by atoms with Crippen LogP contribution in [0.2, 0.25) is 0 Å². The fraction of sp³-hybridized carbons (Fsp3) is 0.250. The third-order valence-electron chi connectivity index (χ3n) is 4.30. The van der Waals surface area contributed by atoms with Crippen molar-refractivity contribution in [2.75, 3.05) is 0 Å². The lowest BCUT2D eigenvalue weighted by atomic mass is 10.0. The topological polar surface area (TPSA) is 94.2 Å². The van der Waals surface area contributed by atoms with Gasteiger partial charge in [0.25, 0.3) is 5.91 Å². The Morgan fingerprint density at radius 2 is 2.00 bits per heavy atom. The second-order valence-electron chi connectivity index (χ2n) is 7.63. The van der Waals surface area contributed by atoms with E-state index in [1.165, 1.54) is 0 Å². The van der Waals surface area contributed by atoms with E-state index < -0.39 is 0 Å². The highest BCUT2D eigenvalue weighted by molar-refractivity contribution is 5.98. The second kappa shape index (κ2) is 6.51. The van der Waals surface area contributed by atoms with Crippen LogP contribution < -0.4 is 16.2 Å². The summed E-state index contributed by atoms with van der Waals surface area (Å²) in [5.41, 5.74) is 9.97. The molecule has 1 unspecified atom stereocenters. The van der Waals surface area contributed by atoms with Crippen molar-refractivity contribution in [1.82, 2.24) is 26.4 Å². The van der Waals surface area contributed by atoms with Crippen molar-refractivity contribution in [3.05, 3.63) is 53.6 Å². The molecule has 1 atom stereocenters. The molecule has 2 aromatic carbocycles. The number of benzene rings is 2. The minimum atomic E-state index is -0.288. The van der Waals surface area contributed by atoms with Crippen molar-refractivity contribution >= 4 is 23.1 Å². The van der Waals surface area contributed by atoms with Crippen LogP contribution in [0.25, 0.3) is 22.2 Å². The molecule has 7 nitrogen and oxygen atoms in total. The van der Waals surface area contributed by atoms with Crippen molar-refractivity contribution in [3.8, 4) is 11.3 Å². The molecule has 4 rings (SSSR count). The normalized spacial score (nSPS) is 16.5. The summed E-state index contributed by atoms with van der Waals surface area (Å²) in [7, 11) is 0. The molecule has 0 radical (unpaired) electrons. The van der Waals surface area contributed by atoms with Gasteiger partial charge in [0.05, 0.1) is 17.5 Å². The summed E-state index contributed by atoms with van der Waals surface area (Å²) in [6.07, 6.45) is 1.52. The van der Waals surface area contributed by atoms with E-state index in [0.29, 0.717) is 5.56 Å². The van der Waals surface area contributed by atoms with E-state index in [1.807, 2.05) is 57.2 Å². The lowest BCUT2D eigenvalue weighted by molar-refractivity contribution is 0.0919. The number of amides is 1. The van der Waals surface area contributed by atoms with Gasteiger partial charge in [-0.25, -0.2) is 10.4 Å². The van der Waals surface area contributed by atoms with Crippen LogP contribution in [0.5, 0.6) is 0 Å². The fourth-order valence-electron chi connectivity index (χ4n) is 3.08. The minimum absolute atomic E-state index is 0.0968. The summed E-state index contributed by atoms with van der Waals surface area (Å²) in [5.74, 6) is -0.0968. The van der Waals surface area contributed by atoms with E-state index in [4.69, 9.17) is 0 Å². The van der Waals surface area contributed by atoms with Gasteiger partial charge in [0, 0.05) is 22.1 Å². The van der Waals surface area contributed by atoms with Crippen LogP contribution in [0.3, 0.4) is 0 Å². The molecule has 2 heterocycles. The minimum Gasteiger partial charge on any atom is -0.347 e. The molecular formula is C20H22N6O. The first-order valence-corrected chi connectivity index (χ1v) is 8.84. The number of aromatic amines is 1. The van der Waals surface area contributed by atoms with Crippen LogP contribution in [-0.2, 0) is 0 Å². The third-order valence-corrected chi connectivity index (χ3v) is 4.30. The maximum atomic E-state index is 12.5. The number of hydrogen-bond donors (Lipinski definition) is 4. The van der Waals surface area contributed by atoms with Crippen molar-refractivity contribution < 1.29 is 4.79 Å². The van der Waals surface area contributed by atoms with Crippen molar-refractivity contribution in [1.29, 1.82) is 0 Å². The number of H-pyrrole nitrogens is 1. The van der Waals surface area contributed by atoms with Crippen LogP contribution in [-0.4, -0.2) is 28.0 Å². The number of hydrazine groups is 1. The van der Waals surface area contributed by atoms with Gasteiger partial charge in [-0.2, -0.15) is 5.10 Å². The molecular weight excluding hydrogens is 340 g/mol. The number of nitrogens with one attached hydrogen (secondary N) is 4. The maximum absolute atomic E-state index is 12.5. The Morgan fingerprint density at radius 3 is 2.74 bits per heavy atom. The Bertz CT molecular complexity index is 1030. The van der Waals surface area contributed by atoms with Gasteiger partial charge in [-0.1, -0.05) is 18.2 Å². The smallest absolute Gasteiger partial charge is 0.251 e. The highest BCUT2D eigenvalue weighted by Gasteiger charge is 2.18.